The first-order valence-corrected chi connectivity index (χ1v) is 12.0. The molecule has 2 atom stereocenters. The first kappa shape index (κ1) is 24.0. The lowest BCUT2D eigenvalue weighted by atomic mass is 10.0. The Labute approximate surface area is 198 Å². The van der Waals surface area contributed by atoms with E-state index in [1.165, 1.54) is 21.3 Å². The van der Waals surface area contributed by atoms with Crippen molar-refractivity contribution in [3.8, 4) is 0 Å². The highest BCUT2D eigenvalue weighted by atomic mass is 32.2. The van der Waals surface area contributed by atoms with Crippen LogP contribution < -0.4 is 22.0 Å². The molecule has 0 radical (unpaired) electrons. The summed E-state index contributed by atoms with van der Waals surface area (Å²) in [4.78, 5) is 77.2. The fourth-order valence-electron chi connectivity index (χ4n) is 3.57. The summed E-state index contributed by atoms with van der Waals surface area (Å²) in [6.07, 6.45) is 0. The second-order valence-corrected chi connectivity index (χ2v) is 9.35. The lowest BCUT2D eigenvalue weighted by Crippen LogP contribution is -2.71. The van der Waals surface area contributed by atoms with E-state index in [-0.39, 0.29) is 42.0 Å². The Kier molecular flexibility index (Phi) is 6.78. The molecule has 2 amide bonds. The summed E-state index contributed by atoms with van der Waals surface area (Å²) in [5.74, 6) is -2.55. The third-order valence-corrected chi connectivity index (χ3v) is 7.53. The van der Waals surface area contributed by atoms with Crippen LogP contribution in [-0.2, 0) is 30.6 Å². The van der Waals surface area contributed by atoms with Crippen LogP contribution in [0.2, 0.25) is 0 Å². The fourth-order valence-corrected chi connectivity index (χ4v) is 6.06. The van der Waals surface area contributed by atoms with Crippen LogP contribution in [0.15, 0.2) is 26.0 Å². The predicted octanol–water partition coefficient (Wildman–Crippen LogP) is -2.94. The van der Waals surface area contributed by atoms with Crippen LogP contribution in [0.25, 0.3) is 0 Å². The molecule has 3 aliphatic heterocycles. The zero-order chi connectivity index (χ0) is 24.6. The normalized spacial score (nSPS) is 22.3. The number of nitrogens with zero attached hydrogens (tertiary/aromatic N) is 4. The molecule has 3 aliphatic rings. The number of hydrogen-bond acceptors (Lipinski definition) is 12. The van der Waals surface area contributed by atoms with Gasteiger partial charge in [-0.15, -0.1) is 16.9 Å². The minimum atomic E-state index is -1.29. The van der Waals surface area contributed by atoms with E-state index in [1.807, 2.05) is 0 Å². The largest absolute Gasteiger partial charge is 0.477 e. The van der Waals surface area contributed by atoms with Gasteiger partial charge in [-0.1, -0.05) is 17.4 Å². The molecule has 182 valence electrons. The number of carboxylic acids is 1. The molecule has 4 heterocycles. The van der Waals surface area contributed by atoms with Gasteiger partial charge in [0.15, 0.2) is 5.16 Å². The smallest absolute Gasteiger partial charge is 0.352 e. The quantitative estimate of drug-likeness (QED) is 0.157. The van der Waals surface area contributed by atoms with Crippen molar-refractivity contribution in [2.75, 3.05) is 24.6 Å². The van der Waals surface area contributed by atoms with Crippen molar-refractivity contribution < 1.29 is 29.1 Å². The monoisotopic (exact) mass is 513 g/mol. The number of H-pyrrole nitrogens is 1. The number of carbonyl (C=O) groups is 4. The van der Waals surface area contributed by atoms with Crippen molar-refractivity contribution in [1.82, 2.24) is 35.6 Å². The molecule has 0 saturated carbocycles. The number of carboxylic acid groups (broad SMARTS) is 1. The minimum Gasteiger partial charge on any atom is -0.477 e. The fraction of sp³-hybridized carbons (Fsp3) is 0.471. The number of carbonyl (C=O) groups excluding carboxylic acids is 3. The molecule has 4 rings (SSSR count). The maximum absolute atomic E-state index is 12.7. The van der Waals surface area contributed by atoms with E-state index in [0.29, 0.717) is 5.57 Å². The van der Waals surface area contributed by atoms with Gasteiger partial charge in [-0.25, -0.2) is 14.7 Å². The Bertz CT molecular complexity index is 1210. The van der Waals surface area contributed by atoms with Gasteiger partial charge in [0.05, 0.1) is 6.54 Å². The van der Waals surface area contributed by atoms with Crippen LogP contribution in [-0.4, -0.2) is 89.5 Å². The van der Waals surface area contributed by atoms with E-state index in [9.17, 15) is 33.9 Å². The SMILES string of the molecule is CCn1c(SCC2=C(C(=O)O)N3C(=O)[C@@H](NC(=O)CN4CC(=O)ON4)[C@@H]3SC2)n[nH]c(=O)c1=O. The first-order chi connectivity index (χ1) is 16.2. The Morgan fingerprint density at radius 3 is 2.74 bits per heavy atom. The number of amides is 2. The summed E-state index contributed by atoms with van der Waals surface area (Å²) in [6.45, 7) is 1.52. The second-order valence-electron chi connectivity index (χ2n) is 7.31. The molecular formula is C17H19N7O8S2. The van der Waals surface area contributed by atoms with Crippen LogP contribution in [0.3, 0.4) is 0 Å². The molecule has 0 spiro atoms. The zero-order valence-corrected chi connectivity index (χ0v) is 19.2. The second kappa shape index (κ2) is 9.61. The number of thioether (sulfide) groups is 2. The number of rotatable bonds is 8. The number of aromatic amines is 1. The molecular weight excluding hydrogens is 494 g/mol. The summed E-state index contributed by atoms with van der Waals surface area (Å²) < 4.78 is 1.18. The lowest BCUT2D eigenvalue weighted by Gasteiger charge is -2.49. The molecule has 0 aromatic carbocycles. The number of fused-ring (bicyclic) bond motifs is 1. The van der Waals surface area contributed by atoms with Gasteiger partial charge >= 0.3 is 23.1 Å². The van der Waals surface area contributed by atoms with Gasteiger partial charge in [0.25, 0.3) is 5.91 Å². The molecule has 1 aromatic heterocycles. The van der Waals surface area contributed by atoms with E-state index in [2.05, 4.69) is 25.9 Å². The van der Waals surface area contributed by atoms with Gasteiger partial charge in [0.2, 0.25) is 5.91 Å². The summed E-state index contributed by atoms with van der Waals surface area (Å²) in [5.41, 5.74) is 0.919. The van der Waals surface area contributed by atoms with Crippen molar-refractivity contribution >= 4 is 47.3 Å². The van der Waals surface area contributed by atoms with Crippen molar-refractivity contribution in [3.63, 3.8) is 0 Å². The zero-order valence-electron chi connectivity index (χ0n) is 17.6. The molecule has 0 unspecified atom stereocenters. The molecule has 17 heteroatoms. The molecule has 34 heavy (non-hydrogen) atoms. The number of β-lactam (4-membered cyclic amide) rings is 1. The van der Waals surface area contributed by atoms with Crippen molar-refractivity contribution in [2.24, 2.45) is 0 Å². The van der Waals surface area contributed by atoms with Crippen LogP contribution in [0.1, 0.15) is 6.92 Å². The molecule has 4 N–H and O–H groups in total. The van der Waals surface area contributed by atoms with E-state index < -0.39 is 46.3 Å². The van der Waals surface area contributed by atoms with Crippen LogP contribution >= 0.6 is 23.5 Å². The minimum absolute atomic E-state index is 0.120. The third-order valence-electron chi connectivity index (χ3n) is 5.12. The number of aromatic nitrogens is 3. The average molecular weight is 514 g/mol. The van der Waals surface area contributed by atoms with Gasteiger partial charge in [-0.3, -0.25) is 28.6 Å². The van der Waals surface area contributed by atoms with E-state index in [4.69, 9.17) is 0 Å². The van der Waals surface area contributed by atoms with Crippen molar-refractivity contribution in [3.05, 3.63) is 32.0 Å². The molecule has 15 nitrogen and oxygen atoms in total. The van der Waals surface area contributed by atoms with Gasteiger partial charge in [-0.2, -0.15) is 5.01 Å². The Balaban J connectivity index is 1.45. The molecule has 1 aromatic rings. The highest BCUT2D eigenvalue weighted by Crippen LogP contribution is 2.41. The summed E-state index contributed by atoms with van der Waals surface area (Å²) in [5, 5.41) is 19.2. The maximum Gasteiger partial charge on any atom is 0.352 e. The van der Waals surface area contributed by atoms with Gasteiger partial charge in [-0.05, 0) is 12.5 Å². The number of hydrogen-bond donors (Lipinski definition) is 4. The summed E-state index contributed by atoms with van der Waals surface area (Å²) in [7, 11) is 0. The van der Waals surface area contributed by atoms with Crippen LogP contribution in [0, 0.1) is 0 Å². The highest BCUT2D eigenvalue weighted by molar-refractivity contribution is 8.01. The molecule has 2 fully saturated rings. The molecule has 0 aliphatic carbocycles. The molecule has 2 saturated heterocycles. The highest BCUT2D eigenvalue weighted by Gasteiger charge is 2.54. The Hall–Kier alpha value is -3.15. The predicted molar refractivity (Wildman–Crippen MR) is 116 cm³/mol. The van der Waals surface area contributed by atoms with Crippen LogP contribution in [0.4, 0.5) is 0 Å². The summed E-state index contributed by atoms with van der Waals surface area (Å²) >= 11 is 2.36. The Morgan fingerprint density at radius 1 is 1.32 bits per heavy atom. The van der Waals surface area contributed by atoms with Crippen molar-refractivity contribution in [1.29, 1.82) is 0 Å². The summed E-state index contributed by atoms with van der Waals surface area (Å²) in [6, 6.07) is -0.911. The average Bonchev–Trinajstić information content (AvgIpc) is 3.21. The van der Waals surface area contributed by atoms with E-state index in [1.54, 1.807) is 6.92 Å². The van der Waals surface area contributed by atoms with Gasteiger partial charge in [0, 0.05) is 18.1 Å². The topological polar surface area (TPSA) is 196 Å². The van der Waals surface area contributed by atoms with Crippen LogP contribution in [0.5, 0.6) is 0 Å². The van der Waals surface area contributed by atoms with Gasteiger partial charge < -0.3 is 15.3 Å². The number of nitrogens with one attached hydrogen (secondary N) is 3. The van der Waals surface area contributed by atoms with Crippen molar-refractivity contribution in [2.45, 2.75) is 30.0 Å². The number of aliphatic carboxylic acids is 1. The first-order valence-electron chi connectivity index (χ1n) is 9.93. The van der Waals surface area contributed by atoms with Gasteiger partial charge in [0.1, 0.15) is 23.7 Å². The number of hydrazine groups is 1. The Morgan fingerprint density at radius 2 is 2.09 bits per heavy atom. The molecule has 0 bridgehead atoms. The third kappa shape index (κ3) is 4.46. The standard InChI is InChI=1S/C17H19N7O8S2/c1-2-23-14(29)12(27)19-20-17(23)34-6-7-5-33-15-10(13(28)24(15)11(7)16(30)31)18-8(25)3-22-4-9(26)32-21-22/h10,15,21H,2-6H2,1H3,(H,18,25)(H,19,27)(H,30,31)/t10-,15+/m1/s1. The lowest BCUT2D eigenvalue weighted by molar-refractivity contribution is -0.151. The van der Waals surface area contributed by atoms with E-state index >= 15 is 0 Å². The maximum atomic E-state index is 12.7. The van der Waals surface area contributed by atoms with E-state index in [0.717, 1.165) is 16.7 Å².